The molecule has 0 aromatic heterocycles. The monoisotopic (exact) mass is 398 g/mol. The van der Waals surface area contributed by atoms with Crippen LogP contribution in [0.4, 0.5) is 0 Å². The highest BCUT2D eigenvalue weighted by Gasteiger charge is 2.00. The molecular weight excluding hydrogens is 352 g/mol. The van der Waals surface area contributed by atoms with Crippen molar-refractivity contribution in [3.8, 4) is 0 Å². The van der Waals surface area contributed by atoms with Gasteiger partial charge in [0.05, 0.1) is 13.2 Å². The van der Waals surface area contributed by atoms with Crippen molar-refractivity contribution in [2.75, 3.05) is 13.2 Å². The van der Waals surface area contributed by atoms with Crippen molar-refractivity contribution >= 4 is 11.9 Å². The van der Waals surface area contributed by atoms with Gasteiger partial charge < -0.3 is 9.47 Å². The zero-order chi connectivity index (χ0) is 20.7. The average Bonchev–Trinajstić information content (AvgIpc) is 2.66. The molecule has 4 heteroatoms. The largest absolute Gasteiger partial charge is 0.466 e. The molecule has 4 nitrogen and oxygen atoms in total. The van der Waals surface area contributed by atoms with E-state index in [-0.39, 0.29) is 11.9 Å². The summed E-state index contributed by atoms with van der Waals surface area (Å²) >= 11 is 0. The first-order chi connectivity index (χ1) is 13.7. The lowest BCUT2D eigenvalue weighted by Crippen LogP contribution is -2.03. The van der Waals surface area contributed by atoms with Gasteiger partial charge in [-0.1, -0.05) is 96.3 Å². The molecule has 0 saturated carbocycles. The Morgan fingerprint density at radius 1 is 0.536 bits per heavy atom. The normalized spacial score (nSPS) is 10.8. The van der Waals surface area contributed by atoms with Gasteiger partial charge in [-0.05, 0) is 19.8 Å². The van der Waals surface area contributed by atoms with Crippen LogP contribution in [0.15, 0.2) is 0 Å². The number of hydrogen-bond donors (Lipinski definition) is 0. The second-order valence-electron chi connectivity index (χ2n) is 7.91. The summed E-state index contributed by atoms with van der Waals surface area (Å²) in [5.74, 6) is -0.207. The predicted molar refractivity (Wildman–Crippen MR) is 116 cm³/mol. The molecule has 0 amide bonds. The van der Waals surface area contributed by atoms with E-state index in [0.29, 0.717) is 19.6 Å². The van der Waals surface area contributed by atoms with Crippen molar-refractivity contribution in [2.45, 2.75) is 129 Å². The Morgan fingerprint density at radius 2 is 0.893 bits per heavy atom. The van der Waals surface area contributed by atoms with Crippen LogP contribution in [-0.2, 0) is 19.1 Å². The maximum Gasteiger partial charge on any atom is 0.305 e. The number of carbonyl (C=O) groups excluding carboxylic acids is 2. The molecule has 0 aromatic rings. The molecule has 0 heterocycles. The lowest BCUT2D eigenvalue weighted by Gasteiger charge is -2.04. The van der Waals surface area contributed by atoms with Gasteiger partial charge in [-0.25, -0.2) is 0 Å². The number of esters is 2. The lowest BCUT2D eigenvalue weighted by molar-refractivity contribution is -0.143. The molecule has 0 rings (SSSR count). The molecular formula is C24H46O4. The number of carbonyl (C=O) groups is 2. The minimum absolute atomic E-state index is 0.0428. The first-order valence-electron chi connectivity index (χ1n) is 12.0. The molecule has 0 aromatic carbocycles. The van der Waals surface area contributed by atoms with Crippen molar-refractivity contribution in [1.29, 1.82) is 0 Å². The van der Waals surface area contributed by atoms with E-state index in [1.54, 1.807) is 0 Å². The molecule has 0 unspecified atom stereocenters. The lowest BCUT2D eigenvalue weighted by atomic mass is 10.0. The molecule has 0 spiro atoms. The van der Waals surface area contributed by atoms with Gasteiger partial charge in [-0.3, -0.25) is 9.59 Å². The van der Waals surface area contributed by atoms with Gasteiger partial charge >= 0.3 is 11.9 Å². The third kappa shape index (κ3) is 23.0. The van der Waals surface area contributed by atoms with Crippen molar-refractivity contribution in [1.82, 2.24) is 0 Å². The average molecular weight is 399 g/mol. The van der Waals surface area contributed by atoms with Crippen LogP contribution < -0.4 is 0 Å². The summed E-state index contributed by atoms with van der Waals surface area (Å²) in [5.41, 5.74) is 0. The van der Waals surface area contributed by atoms with Crippen LogP contribution in [0.3, 0.4) is 0 Å². The minimum atomic E-state index is -0.164. The first-order valence-corrected chi connectivity index (χ1v) is 12.0. The molecule has 0 bridgehead atoms. The van der Waals surface area contributed by atoms with Crippen LogP contribution in [0, 0.1) is 0 Å². The number of hydrogen-bond acceptors (Lipinski definition) is 4. The fourth-order valence-electron chi connectivity index (χ4n) is 3.47. The van der Waals surface area contributed by atoms with Crippen molar-refractivity contribution < 1.29 is 19.1 Å². The molecule has 0 aliphatic heterocycles. The quantitative estimate of drug-likeness (QED) is 0.152. The van der Waals surface area contributed by atoms with E-state index in [9.17, 15) is 9.59 Å². The van der Waals surface area contributed by atoms with E-state index < -0.39 is 0 Å². The van der Waals surface area contributed by atoms with Gasteiger partial charge in [-0.2, -0.15) is 0 Å². The van der Waals surface area contributed by atoms with Gasteiger partial charge in [0.2, 0.25) is 0 Å². The highest BCUT2D eigenvalue weighted by molar-refractivity contribution is 5.69. The topological polar surface area (TPSA) is 52.6 Å². The molecule has 0 aliphatic rings. The molecule has 28 heavy (non-hydrogen) atoms. The van der Waals surface area contributed by atoms with Crippen LogP contribution in [0.5, 0.6) is 0 Å². The molecule has 0 saturated heterocycles. The molecule has 0 atom stereocenters. The molecule has 0 radical (unpaired) electrons. The van der Waals surface area contributed by atoms with E-state index in [1.165, 1.54) is 96.8 Å². The highest BCUT2D eigenvalue weighted by atomic mass is 16.5. The Labute approximate surface area is 174 Å². The van der Waals surface area contributed by atoms with Gasteiger partial charge in [0.15, 0.2) is 0 Å². The maximum absolute atomic E-state index is 11.2. The van der Waals surface area contributed by atoms with Crippen LogP contribution in [-0.4, -0.2) is 25.2 Å². The SMILES string of the molecule is CCOC(=O)CCCCCCCCCCCCCCCCCCCOC(C)=O. The van der Waals surface area contributed by atoms with Crippen LogP contribution >= 0.6 is 0 Å². The predicted octanol–water partition coefficient (Wildman–Crippen LogP) is 7.13. The minimum Gasteiger partial charge on any atom is -0.466 e. The van der Waals surface area contributed by atoms with Crippen LogP contribution in [0.1, 0.15) is 129 Å². The van der Waals surface area contributed by atoms with Gasteiger partial charge in [-0.15, -0.1) is 0 Å². The van der Waals surface area contributed by atoms with Gasteiger partial charge in [0, 0.05) is 13.3 Å². The molecule has 0 aliphatic carbocycles. The summed E-state index contributed by atoms with van der Waals surface area (Å²) in [4.78, 5) is 21.8. The third-order valence-corrected chi connectivity index (χ3v) is 5.14. The fraction of sp³-hybridized carbons (Fsp3) is 0.917. The second-order valence-corrected chi connectivity index (χ2v) is 7.91. The fourth-order valence-corrected chi connectivity index (χ4v) is 3.47. The summed E-state index contributed by atoms with van der Waals surface area (Å²) in [5, 5.41) is 0. The standard InChI is InChI=1S/C24H46O4/c1-3-27-24(26)21-19-17-15-13-11-9-7-5-4-6-8-10-12-14-16-18-20-22-28-23(2)25/h3-22H2,1-2H3. The summed E-state index contributed by atoms with van der Waals surface area (Å²) in [6.45, 7) is 4.42. The van der Waals surface area contributed by atoms with Crippen LogP contribution in [0.25, 0.3) is 0 Å². The number of unbranched alkanes of at least 4 members (excludes halogenated alkanes) is 16. The van der Waals surface area contributed by atoms with Crippen molar-refractivity contribution in [3.63, 3.8) is 0 Å². The maximum atomic E-state index is 11.2. The number of rotatable bonds is 21. The zero-order valence-corrected chi connectivity index (χ0v) is 18.8. The van der Waals surface area contributed by atoms with E-state index in [1.807, 2.05) is 6.92 Å². The van der Waals surface area contributed by atoms with Gasteiger partial charge in [0.25, 0.3) is 0 Å². The first kappa shape index (κ1) is 26.9. The van der Waals surface area contributed by atoms with E-state index in [2.05, 4.69) is 0 Å². The number of ether oxygens (including phenoxy) is 2. The highest BCUT2D eigenvalue weighted by Crippen LogP contribution is 2.14. The molecule has 166 valence electrons. The van der Waals surface area contributed by atoms with Gasteiger partial charge in [0.1, 0.15) is 0 Å². The molecule has 0 N–H and O–H groups in total. The Morgan fingerprint density at radius 3 is 1.25 bits per heavy atom. The Bertz CT molecular complexity index is 355. The second kappa shape index (κ2) is 22.2. The summed E-state index contributed by atoms with van der Waals surface area (Å²) < 4.78 is 9.86. The molecule has 0 fully saturated rings. The summed E-state index contributed by atoms with van der Waals surface area (Å²) in [6, 6.07) is 0. The smallest absolute Gasteiger partial charge is 0.305 e. The van der Waals surface area contributed by atoms with Crippen molar-refractivity contribution in [2.24, 2.45) is 0 Å². The Balaban J connectivity index is 3.05. The van der Waals surface area contributed by atoms with E-state index >= 15 is 0 Å². The van der Waals surface area contributed by atoms with E-state index in [4.69, 9.17) is 9.47 Å². The van der Waals surface area contributed by atoms with Crippen molar-refractivity contribution in [3.05, 3.63) is 0 Å². The Hall–Kier alpha value is -1.06. The van der Waals surface area contributed by atoms with Crippen LogP contribution in [0.2, 0.25) is 0 Å². The Kier molecular flexibility index (Phi) is 21.4. The van der Waals surface area contributed by atoms with E-state index in [0.717, 1.165) is 19.3 Å². The summed E-state index contributed by atoms with van der Waals surface area (Å²) in [7, 11) is 0. The zero-order valence-electron chi connectivity index (χ0n) is 18.8. The summed E-state index contributed by atoms with van der Waals surface area (Å²) in [6.07, 6.45) is 22.4. The third-order valence-electron chi connectivity index (χ3n) is 5.14.